The Balaban J connectivity index is 2.34. The van der Waals surface area contributed by atoms with Crippen molar-refractivity contribution in [3.63, 3.8) is 0 Å². The molecule has 1 rings (SSSR count). The molecule has 4 N–H and O–H groups in total. The normalized spacial score (nSPS) is 21.1. The van der Waals surface area contributed by atoms with Crippen LogP contribution in [0.4, 0.5) is 0 Å². The molecule has 0 aromatic rings. The Morgan fingerprint density at radius 3 is 2.71 bits per heavy atom. The first-order chi connectivity index (χ1) is 6.76. The molecule has 1 saturated carbocycles. The number of hydrogen-bond acceptors (Lipinski definition) is 2. The van der Waals surface area contributed by atoms with Crippen LogP contribution in [0.15, 0.2) is 4.99 Å². The molecule has 0 radical (unpaired) electrons. The van der Waals surface area contributed by atoms with Gasteiger partial charge in [-0.2, -0.15) is 0 Å². The van der Waals surface area contributed by atoms with Gasteiger partial charge in [-0.25, -0.2) is 0 Å². The lowest BCUT2D eigenvalue weighted by molar-refractivity contribution is 0.252. The molecular weight excluding hydrogens is 178 g/mol. The SMILES string of the molecule is CCC(CO)NC(N)=NC1CCCC1. The second-order valence-electron chi connectivity index (χ2n) is 3.88. The summed E-state index contributed by atoms with van der Waals surface area (Å²) in [6.07, 6.45) is 5.69. The number of nitrogens with one attached hydrogen (secondary N) is 1. The van der Waals surface area contributed by atoms with Gasteiger partial charge >= 0.3 is 0 Å². The van der Waals surface area contributed by atoms with Crippen LogP contribution in [0.25, 0.3) is 0 Å². The van der Waals surface area contributed by atoms with E-state index in [1.54, 1.807) is 0 Å². The van der Waals surface area contributed by atoms with Crippen LogP contribution in [-0.4, -0.2) is 29.8 Å². The highest BCUT2D eigenvalue weighted by Crippen LogP contribution is 2.20. The van der Waals surface area contributed by atoms with Gasteiger partial charge in [0.15, 0.2) is 5.96 Å². The molecular formula is C10H21N3O. The summed E-state index contributed by atoms with van der Waals surface area (Å²) < 4.78 is 0. The Hall–Kier alpha value is -0.770. The third kappa shape index (κ3) is 3.54. The van der Waals surface area contributed by atoms with Gasteiger partial charge in [0.2, 0.25) is 0 Å². The molecule has 1 atom stereocenters. The van der Waals surface area contributed by atoms with Crippen LogP contribution in [0, 0.1) is 0 Å². The molecule has 1 fully saturated rings. The molecule has 0 amide bonds. The number of rotatable bonds is 4. The van der Waals surface area contributed by atoms with Crippen LogP contribution in [0.3, 0.4) is 0 Å². The fourth-order valence-corrected chi connectivity index (χ4v) is 1.75. The van der Waals surface area contributed by atoms with Gasteiger partial charge in [-0.1, -0.05) is 19.8 Å². The topological polar surface area (TPSA) is 70.6 Å². The minimum Gasteiger partial charge on any atom is -0.394 e. The number of aliphatic hydroxyl groups is 1. The van der Waals surface area contributed by atoms with Gasteiger partial charge in [0.25, 0.3) is 0 Å². The van der Waals surface area contributed by atoms with E-state index in [1.165, 1.54) is 12.8 Å². The van der Waals surface area contributed by atoms with Crippen molar-refractivity contribution in [2.24, 2.45) is 10.7 Å². The average Bonchev–Trinajstić information content (AvgIpc) is 2.66. The second-order valence-corrected chi connectivity index (χ2v) is 3.88. The molecule has 4 nitrogen and oxygen atoms in total. The van der Waals surface area contributed by atoms with Crippen LogP contribution in [0.2, 0.25) is 0 Å². The van der Waals surface area contributed by atoms with E-state index in [0.29, 0.717) is 12.0 Å². The minimum atomic E-state index is 0.0418. The fraction of sp³-hybridized carbons (Fsp3) is 0.900. The highest BCUT2D eigenvalue weighted by molar-refractivity contribution is 5.78. The van der Waals surface area contributed by atoms with E-state index in [4.69, 9.17) is 10.8 Å². The van der Waals surface area contributed by atoms with Gasteiger partial charge in [0.1, 0.15) is 0 Å². The molecule has 14 heavy (non-hydrogen) atoms. The summed E-state index contributed by atoms with van der Waals surface area (Å²) in [7, 11) is 0. The molecule has 0 aromatic heterocycles. The zero-order valence-corrected chi connectivity index (χ0v) is 8.87. The van der Waals surface area contributed by atoms with Crippen LogP contribution < -0.4 is 11.1 Å². The van der Waals surface area contributed by atoms with E-state index in [-0.39, 0.29) is 12.6 Å². The highest BCUT2D eigenvalue weighted by atomic mass is 16.3. The average molecular weight is 199 g/mol. The molecule has 0 heterocycles. The Morgan fingerprint density at radius 2 is 2.21 bits per heavy atom. The predicted molar refractivity (Wildman–Crippen MR) is 58.2 cm³/mol. The fourth-order valence-electron chi connectivity index (χ4n) is 1.75. The molecule has 0 saturated heterocycles. The summed E-state index contributed by atoms with van der Waals surface area (Å²) in [5.41, 5.74) is 5.73. The highest BCUT2D eigenvalue weighted by Gasteiger charge is 2.14. The molecule has 82 valence electrons. The lowest BCUT2D eigenvalue weighted by Gasteiger charge is -2.15. The van der Waals surface area contributed by atoms with Gasteiger partial charge in [-0.3, -0.25) is 4.99 Å². The minimum absolute atomic E-state index is 0.0418. The first-order valence-electron chi connectivity index (χ1n) is 5.47. The Kier molecular flexibility index (Phi) is 4.73. The second kappa shape index (κ2) is 5.86. The van der Waals surface area contributed by atoms with Crippen LogP contribution >= 0.6 is 0 Å². The van der Waals surface area contributed by atoms with E-state index in [0.717, 1.165) is 19.3 Å². The number of guanidine groups is 1. The monoisotopic (exact) mass is 199 g/mol. The molecule has 0 aromatic carbocycles. The first kappa shape index (κ1) is 11.3. The Morgan fingerprint density at radius 1 is 1.57 bits per heavy atom. The number of nitrogens with zero attached hydrogens (tertiary/aromatic N) is 1. The molecule has 0 spiro atoms. The van der Waals surface area contributed by atoms with Gasteiger partial charge in [-0.05, 0) is 19.3 Å². The van der Waals surface area contributed by atoms with E-state index >= 15 is 0 Å². The van der Waals surface area contributed by atoms with E-state index < -0.39 is 0 Å². The molecule has 1 aliphatic rings. The largest absolute Gasteiger partial charge is 0.394 e. The standard InChI is InChI=1S/C10H21N3O/c1-2-8(7-14)12-10(11)13-9-5-3-4-6-9/h8-9,14H,2-7H2,1H3,(H3,11,12,13). The Labute approximate surface area is 85.6 Å². The number of hydrogen-bond donors (Lipinski definition) is 3. The van der Waals surface area contributed by atoms with Crippen molar-refractivity contribution in [1.82, 2.24) is 5.32 Å². The van der Waals surface area contributed by atoms with E-state index in [9.17, 15) is 0 Å². The Bertz CT molecular complexity index is 184. The molecule has 4 heteroatoms. The van der Waals surface area contributed by atoms with Gasteiger partial charge < -0.3 is 16.2 Å². The number of aliphatic imine (C=N–C) groups is 1. The lowest BCUT2D eigenvalue weighted by Crippen LogP contribution is -2.42. The summed E-state index contributed by atoms with van der Waals surface area (Å²) in [6.45, 7) is 2.12. The maximum atomic E-state index is 8.96. The van der Waals surface area contributed by atoms with Crippen LogP contribution in [-0.2, 0) is 0 Å². The van der Waals surface area contributed by atoms with Crippen LogP contribution in [0.5, 0.6) is 0 Å². The molecule has 1 aliphatic carbocycles. The molecule has 1 unspecified atom stereocenters. The van der Waals surface area contributed by atoms with Crippen molar-refractivity contribution in [3.8, 4) is 0 Å². The number of nitrogens with two attached hydrogens (primary N) is 1. The maximum absolute atomic E-state index is 8.96. The van der Waals surface area contributed by atoms with Crippen molar-refractivity contribution < 1.29 is 5.11 Å². The van der Waals surface area contributed by atoms with E-state index in [2.05, 4.69) is 10.3 Å². The third-order valence-corrected chi connectivity index (χ3v) is 2.71. The predicted octanol–water partition coefficient (Wildman–Crippen LogP) is 0.604. The van der Waals surface area contributed by atoms with Gasteiger partial charge in [0, 0.05) is 0 Å². The van der Waals surface area contributed by atoms with E-state index in [1.807, 2.05) is 6.92 Å². The lowest BCUT2D eigenvalue weighted by atomic mass is 10.2. The summed E-state index contributed by atoms with van der Waals surface area (Å²) >= 11 is 0. The smallest absolute Gasteiger partial charge is 0.189 e. The van der Waals surface area contributed by atoms with Gasteiger partial charge in [-0.15, -0.1) is 0 Å². The summed E-state index contributed by atoms with van der Waals surface area (Å²) in [4.78, 5) is 4.38. The third-order valence-electron chi connectivity index (χ3n) is 2.71. The van der Waals surface area contributed by atoms with Crippen molar-refractivity contribution in [1.29, 1.82) is 0 Å². The van der Waals surface area contributed by atoms with Crippen LogP contribution in [0.1, 0.15) is 39.0 Å². The summed E-state index contributed by atoms with van der Waals surface area (Å²) in [5.74, 6) is 0.484. The zero-order chi connectivity index (χ0) is 10.4. The summed E-state index contributed by atoms with van der Waals surface area (Å²) in [6, 6.07) is 0.443. The van der Waals surface area contributed by atoms with Gasteiger partial charge in [0.05, 0.1) is 18.7 Å². The maximum Gasteiger partial charge on any atom is 0.189 e. The molecule has 0 aliphatic heterocycles. The number of aliphatic hydroxyl groups excluding tert-OH is 1. The molecule has 0 bridgehead atoms. The quantitative estimate of drug-likeness (QED) is 0.459. The van der Waals surface area contributed by atoms with Crippen molar-refractivity contribution in [2.45, 2.75) is 51.1 Å². The van der Waals surface area contributed by atoms with Crippen molar-refractivity contribution in [2.75, 3.05) is 6.61 Å². The first-order valence-corrected chi connectivity index (χ1v) is 5.47. The zero-order valence-electron chi connectivity index (χ0n) is 8.87. The summed E-state index contributed by atoms with van der Waals surface area (Å²) in [5, 5.41) is 12.0. The van der Waals surface area contributed by atoms with Crippen molar-refractivity contribution in [3.05, 3.63) is 0 Å². The van der Waals surface area contributed by atoms with Crippen molar-refractivity contribution >= 4 is 5.96 Å².